The molecule has 92 valence electrons. The maximum Gasteiger partial charge on any atom is 0.154 e. The molecular formula is C8H19ClN2O3S. The van der Waals surface area contributed by atoms with Gasteiger partial charge in [-0.25, -0.2) is 8.42 Å². The summed E-state index contributed by atoms with van der Waals surface area (Å²) >= 11 is 0. The zero-order valence-corrected chi connectivity index (χ0v) is 10.7. The monoisotopic (exact) mass is 258 g/mol. The first-order valence-corrected chi connectivity index (χ1v) is 6.57. The summed E-state index contributed by atoms with van der Waals surface area (Å²) in [5, 5.41) is 11.6. The smallest absolute Gasteiger partial charge is 0.154 e. The van der Waals surface area contributed by atoms with Crippen LogP contribution in [0.3, 0.4) is 0 Å². The molecule has 0 atom stereocenters. The summed E-state index contributed by atoms with van der Waals surface area (Å²) in [5.41, 5.74) is 5.52. The van der Waals surface area contributed by atoms with E-state index < -0.39 is 14.6 Å². The van der Waals surface area contributed by atoms with Gasteiger partial charge in [-0.15, -0.1) is 12.4 Å². The van der Waals surface area contributed by atoms with E-state index in [9.17, 15) is 13.6 Å². The molecule has 0 aliphatic carbocycles. The number of piperidine rings is 1. The van der Waals surface area contributed by atoms with Crippen LogP contribution >= 0.6 is 12.4 Å². The number of nitrogens with zero attached hydrogens (tertiary/aromatic N) is 1. The lowest BCUT2D eigenvalue weighted by atomic mass is 9.96. The van der Waals surface area contributed by atoms with Gasteiger partial charge in [-0.2, -0.15) is 0 Å². The molecule has 2 N–H and O–H groups in total. The Bertz CT molecular complexity index is 306. The fourth-order valence-corrected chi connectivity index (χ4v) is 3.07. The van der Waals surface area contributed by atoms with E-state index in [1.54, 1.807) is 7.05 Å². The summed E-state index contributed by atoms with van der Waals surface area (Å²) in [4.78, 5) is 0. The van der Waals surface area contributed by atoms with E-state index in [0.29, 0.717) is 25.9 Å². The Morgan fingerprint density at radius 3 is 2.07 bits per heavy atom. The molecule has 1 fully saturated rings. The first-order valence-electron chi connectivity index (χ1n) is 4.68. The van der Waals surface area contributed by atoms with Crippen LogP contribution < -0.4 is 5.73 Å². The Morgan fingerprint density at radius 1 is 1.40 bits per heavy atom. The molecule has 0 unspecified atom stereocenters. The van der Waals surface area contributed by atoms with Crippen molar-refractivity contribution < 1.29 is 13.1 Å². The average Bonchev–Trinajstić information content (AvgIpc) is 2.03. The van der Waals surface area contributed by atoms with Crippen molar-refractivity contribution in [3.63, 3.8) is 0 Å². The van der Waals surface area contributed by atoms with Crippen LogP contribution in [0.1, 0.15) is 12.8 Å². The van der Waals surface area contributed by atoms with E-state index in [-0.39, 0.29) is 23.6 Å². The van der Waals surface area contributed by atoms with E-state index in [4.69, 9.17) is 5.73 Å². The van der Waals surface area contributed by atoms with Crippen molar-refractivity contribution in [3.05, 3.63) is 5.21 Å². The number of nitrogens with two attached hydrogens (primary N) is 1. The standard InChI is InChI=1S/C8H18N2O3S.ClH/c1-10(11)5-3-8(7-9,4-6-10)14(2,12)13;/h3-7,9H2,1-2H3;1H. The molecule has 0 radical (unpaired) electrons. The highest BCUT2D eigenvalue weighted by Crippen LogP contribution is 2.31. The maximum atomic E-state index is 11.6. The molecule has 0 spiro atoms. The molecule has 0 saturated carbocycles. The van der Waals surface area contributed by atoms with Gasteiger partial charge in [-0.1, -0.05) is 0 Å². The highest BCUT2D eigenvalue weighted by molar-refractivity contribution is 7.92. The fraction of sp³-hybridized carbons (Fsp3) is 1.00. The molecule has 0 aromatic rings. The second-order valence-electron chi connectivity index (χ2n) is 4.40. The molecule has 0 bridgehead atoms. The average molecular weight is 259 g/mol. The van der Waals surface area contributed by atoms with Crippen LogP contribution in [-0.4, -0.2) is 50.7 Å². The lowest BCUT2D eigenvalue weighted by molar-refractivity contribution is -0.866. The van der Waals surface area contributed by atoms with Crippen LogP contribution in [0.25, 0.3) is 0 Å². The molecule has 0 aromatic heterocycles. The molecule has 1 saturated heterocycles. The molecule has 7 heteroatoms. The van der Waals surface area contributed by atoms with Gasteiger partial charge in [0.15, 0.2) is 9.84 Å². The predicted molar refractivity (Wildman–Crippen MR) is 62.4 cm³/mol. The van der Waals surface area contributed by atoms with Crippen molar-refractivity contribution >= 4 is 22.2 Å². The van der Waals surface area contributed by atoms with Crippen LogP contribution in [0.5, 0.6) is 0 Å². The van der Waals surface area contributed by atoms with Crippen LogP contribution in [0, 0.1) is 5.21 Å². The largest absolute Gasteiger partial charge is 0.633 e. The van der Waals surface area contributed by atoms with Crippen molar-refractivity contribution in [2.45, 2.75) is 17.6 Å². The summed E-state index contributed by atoms with van der Waals surface area (Å²) in [5.74, 6) is 0. The number of hydrogen-bond donors (Lipinski definition) is 1. The van der Waals surface area contributed by atoms with E-state index in [1.807, 2.05) is 0 Å². The molecule has 15 heavy (non-hydrogen) atoms. The number of quaternary nitrogens is 1. The van der Waals surface area contributed by atoms with Crippen molar-refractivity contribution in [2.75, 3.05) is 32.9 Å². The molecular weight excluding hydrogens is 240 g/mol. The van der Waals surface area contributed by atoms with Gasteiger partial charge in [0.2, 0.25) is 0 Å². The number of rotatable bonds is 2. The summed E-state index contributed by atoms with van der Waals surface area (Å²) in [6.07, 6.45) is 1.96. The first-order chi connectivity index (χ1) is 6.22. The van der Waals surface area contributed by atoms with Gasteiger partial charge in [-0.3, -0.25) is 0 Å². The number of sulfone groups is 1. The van der Waals surface area contributed by atoms with Crippen molar-refractivity contribution in [3.8, 4) is 0 Å². The van der Waals surface area contributed by atoms with E-state index in [0.717, 1.165) is 0 Å². The Hall–Kier alpha value is 0.120. The Balaban J connectivity index is 0.00000196. The molecule has 1 heterocycles. The van der Waals surface area contributed by atoms with E-state index in [2.05, 4.69) is 0 Å². The Labute approximate surface area is 97.1 Å². The summed E-state index contributed by atoms with van der Waals surface area (Å²) in [6.45, 7) is 0.792. The summed E-state index contributed by atoms with van der Waals surface area (Å²) in [7, 11) is -1.59. The first kappa shape index (κ1) is 15.1. The lowest BCUT2D eigenvalue weighted by Crippen LogP contribution is -2.57. The number of halogens is 1. The molecule has 0 amide bonds. The van der Waals surface area contributed by atoms with Gasteiger partial charge in [0.1, 0.15) is 0 Å². The second kappa shape index (κ2) is 4.55. The SMILES string of the molecule is C[N+]1([O-])CCC(CN)(S(C)(=O)=O)CC1.Cl. The number of hydrogen-bond acceptors (Lipinski definition) is 4. The Kier molecular flexibility index (Phi) is 4.58. The zero-order valence-electron chi connectivity index (χ0n) is 9.10. The van der Waals surface area contributed by atoms with Crippen molar-refractivity contribution in [1.29, 1.82) is 0 Å². The molecule has 1 aliphatic heterocycles. The number of likely N-dealkylation sites (tertiary alicyclic amines) is 1. The normalized spacial score (nSPS) is 37.1. The fourth-order valence-electron chi connectivity index (χ4n) is 1.84. The second-order valence-corrected chi connectivity index (χ2v) is 6.81. The van der Waals surface area contributed by atoms with Crippen LogP contribution in [0.15, 0.2) is 0 Å². The molecule has 1 aliphatic rings. The summed E-state index contributed by atoms with van der Waals surface area (Å²) in [6, 6.07) is 0. The third-order valence-corrected chi connectivity index (χ3v) is 5.39. The van der Waals surface area contributed by atoms with Crippen molar-refractivity contribution in [2.24, 2.45) is 5.73 Å². The third kappa shape index (κ3) is 3.04. The third-order valence-electron chi connectivity index (χ3n) is 3.24. The highest BCUT2D eigenvalue weighted by Gasteiger charge is 2.44. The van der Waals surface area contributed by atoms with Crippen molar-refractivity contribution in [1.82, 2.24) is 0 Å². The van der Waals surface area contributed by atoms with Crippen LogP contribution in [-0.2, 0) is 9.84 Å². The highest BCUT2D eigenvalue weighted by atomic mass is 35.5. The van der Waals surface area contributed by atoms with E-state index in [1.165, 1.54) is 6.26 Å². The molecule has 5 nitrogen and oxygen atoms in total. The quantitative estimate of drug-likeness (QED) is 0.553. The minimum atomic E-state index is -3.16. The predicted octanol–water partition coefficient (Wildman–Crippen LogP) is -0.111. The maximum absolute atomic E-state index is 11.6. The molecule has 0 aromatic carbocycles. The molecule has 1 rings (SSSR count). The zero-order chi connectivity index (χ0) is 11.0. The van der Waals surface area contributed by atoms with Gasteiger partial charge in [-0.05, 0) is 0 Å². The Morgan fingerprint density at radius 2 is 1.80 bits per heavy atom. The minimum absolute atomic E-state index is 0. The summed E-state index contributed by atoms with van der Waals surface area (Å²) < 4.78 is 21.9. The van der Waals surface area contributed by atoms with E-state index >= 15 is 0 Å². The number of hydroxylamine groups is 3. The van der Waals surface area contributed by atoms with Gasteiger partial charge in [0.25, 0.3) is 0 Å². The van der Waals surface area contributed by atoms with Gasteiger partial charge >= 0.3 is 0 Å². The van der Waals surface area contributed by atoms with Gasteiger partial charge in [0.05, 0.1) is 24.9 Å². The topological polar surface area (TPSA) is 83.2 Å². The minimum Gasteiger partial charge on any atom is -0.633 e. The van der Waals surface area contributed by atoms with Crippen LogP contribution in [0.2, 0.25) is 0 Å². The van der Waals surface area contributed by atoms with Gasteiger partial charge < -0.3 is 15.6 Å². The lowest BCUT2D eigenvalue weighted by Gasteiger charge is -2.47. The van der Waals surface area contributed by atoms with Gasteiger partial charge in [0, 0.05) is 25.6 Å². The van der Waals surface area contributed by atoms with Crippen LogP contribution in [0.4, 0.5) is 0 Å².